The van der Waals surface area contributed by atoms with Gasteiger partial charge in [0, 0.05) is 65.3 Å². The third-order valence-electron chi connectivity index (χ3n) is 8.36. The van der Waals surface area contributed by atoms with E-state index < -0.39 is 40.6 Å². The number of hydrogen-bond donors (Lipinski definition) is 1. The molecule has 0 bridgehead atoms. The molecule has 1 aromatic heterocycles. The summed E-state index contributed by atoms with van der Waals surface area (Å²) < 4.78 is 14.5. The molecule has 2 saturated heterocycles. The van der Waals surface area contributed by atoms with Gasteiger partial charge >= 0.3 is 0 Å². The minimum Gasteiger partial charge on any atom is -0.338 e. The topological polar surface area (TPSA) is 113 Å². The van der Waals surface area contributed by atoms with Gasteiger partial charge in [-0.05, 0) is 47.3 Å². The van der Waals surface area contributed by atoms with Crippen LogP contribution < -0.4 is 5.32 Å². The number of benzene rings is 3. The molecule has 6 rings (SSSR count). The number of hydrogen-bond acceptors (Lipinski definition) is 7. The summed E-state index contributed by atoms with van der Waals surface area (Å²) in [6.45, 7) is 1.89. The van der Waals surface area contributed by atoms with Crippen molar-refractivity contribution >= 4 is 46.2 Å². The van der Waals surface area contributed by atoms with Crippen molar-refractivity contribution in [1.29, 1.82) is 0 Å². The van der Waals surface area contributed by atoms with Crippen molar-refractivity contribution in [3.05, 3.63) is 133 Å². The van der Waals surface area contributed by atoms with Gasteiger partial charge in [0.15, 0.2) is 5.78 Å². The van der Waals surface area contributed by atoms with Gasteiger partial charge in [-0.25, -0.2) is 4.39 Å². The Morgan fingerprint density at radius 3 is 2.36 bits per heavy atom. The number of nitro benzene ring substituents is 1. The van der Waals surface area contributed by atoms with Gasteiger partial charge < -0.3 is 15.1 Å². The highest BCUT2D eigenvalue weighted by Crippen LogP contribution is 2.53. The van der Waals surface area contributed by atoms with E-state index in [9.17, 15) is 28.9 Å². The molecule has 0 saturated carbocycles. The molecule has 2 fully saturated rings. The van der Waals surface area contributed by atoms with Crippen molar-refractivity contribution < 1.29 is 23.7 Å². The zero-order chi connectivity index (χ0) is 31.7. The Kier molecular flexibility index (Phi) is 8.75. The third kappa shape index (κ3) is 5.98. The van der Waals surface area contributed by atoms with Crippen LogP contribution in [-0.2, 0) is 4.79 Å². The zero-order valence-corrected chi connectivity index (χ0v) is 25.4. The summed E-state index contributed by atoms with van der Waals surface area (Å²) in [7, 11) is 0. The van der Waals surface area contributed by atoms with Crippen LogP contribution in [0.15, 0.2) is 90.3 Å². The molecule has 4 atom stereocenters. The summed E-state index contributed by atoms with van der Waals surface area (Å²) in [6, 6.07) is 18.7. The van der Waals surface area contributed by atoms with Crippen LogP contribution in [0.1, 0.15) is 43.1 Å². The Morgan fingerprint density at radius 2 is 1.67 bits per heavy atom. The quantitative estimate of drug-likeness (QED) is 0.156. The van der Waals surface area contributed by atoms with Crippen LogP contribution in [0.2, 0.25) is 5.02 Å². The minimum atomic E-state index is -1.17. The van der Waals surface area contributed by atoms with E-state index >= 15 is 0 Å². The third-order valence-corrected chi connectivity index (χ3v) is 9.57. The average molecular weight is 647 g/mol. The SMILES string of the molecule is O=C(c1cccc(Cl)c1)C1C(c2cccs2)C(C(=O)N2CCNCC2)N(C(=O)c2cccc(F)c2)C1c1cccc([N+](=O)[O-])c1. The van der Waals surface area contributed by atoms with E-state index in [-0.39, 0.29) is 28.5 Å². The van der Waals surface area contributed by atoms with Gasteiger partial charge in [-0.2, -0.15) is 0 Å². The number of nitrogens with one attached hydrogen (secondary N) is 1. The molecule has 1 N–H and O–H groups in total. The lowest BCUT2D eigenvalue weighted by Gasteiger charge is -2.36. The fourth-order valence-corrected chi connectivity index (χ4v) is 7.52. The lowest BCUT2D eigenvalue weighted by atomic mass is 9.78. The number of carbonyl (C=O) groups excluding carboxylic acids is 3. The van der Waals surface area contributed by atoms with Crippen molar-refractivity contribution in [1.82, 2.24) is 15.1 Å². The van der Waals surface area contributed by atoms with Gasteiger partial charge in [0.05, 0.1) is 16.9 Å². The molecule has 4 unspecified atom stereocenters. The number of nitrogens with zero attached hydrogens (tertiary/aromatic N) is 3. The van der Waals surface area contributed by atoms with E-state index in [4.69, 9.17) is 11.6 Å². The lowest BCUT2D eigenvalue weighted by Crippen LogP contribution is -2.54. The monoisotopic (exact) mass is 646 g/mol. The number of nitro groups is 1. The number of likely N-dealkylation sites (tertiary alicyclic amines) is 1. The van der Waals surface area contributed by atoms with Crippen molar-refractivity contribution in [2.24, 2.45) is 5.92 Å². The highest BCUT2D eigenvalue weighted by Gasteiger charge is 2.58. The molecule has 3 aromatic carbocycles. The summed E-state index contributed by atoms with van der Waals surface area (Å²) in [5.41, 5.74) is 0.345. The predicted octanol–water partition coefficient (Wildman–Crippen LogP) is 5.73. The average Bonchev–Trinajstić information content (AvgIpc) is 3.71. The van der Waals surface area contributed by atoms with E-state index in [0.717, 1.165) is 6.07 Å². The van der Waals surface area contributed by atoms with Crippen LogP contribution in [0.3, 0.4) is 0 Å². The van der Waals surface area contributed by atoms with E-state index in [1.807, 2.05) is 17.5 Å². The molecule has 4 aromatic rings. The first-order valence-corrected chi connectivity index (χ1v) is 15.7. The number of rotatable bonds is 7. The summed E-state index contributed by atoms with van der Waals surface area (Å²) in [5.74, 6) is -3.89. The number of amides is 2. The number of non-ortho nitro benzene ring substituents is 1. The Bertz CT molecular complexity index is 1760. The van der Waals surface area contributed by atoms with Crippen LogP contribution in [-0.4, -0.2) is 64.5 Å². The first kappa shape index (κ1) is 30.6. The van der Waals surface area contributed by atoms with Gasteiger partial charge in [0.2, 0.25) is 5.91 Å². The van der Waals surface area contributed by atoms with Crippen molar-refractivity contribution in [3.8, 4) is 0 Å². The molecule has 9 nitrogen and oxygen atoms in total. The second kappa shape index (κ2) is 12.9. The van der Waals surface area contributed by atoms with Gasteiger partial charge in [-0.3, -0.25) is 24.5 Å². The summed E-state index contributed by atoms with van der Waals surface area (Å²) >= 11 is 7.66. The van der Waals surface area contributed by atoms with E-state index in [1.54, 1.807) is 29.2 Å². The van der Waals surface area contributed by atoms with Crippen LogP contribution in [0, 0.1) is 21.8 Å². The molecular formula is C33H28ClFN4O5S. The van der Waals surface area contributed by atoms with Crippen molar-refractivity contribution in [2.75, 3.05) is 26.2 Å². The molecule has 2 amide bonds. The fraction of sp³-hybridized carbons (Fsp3) is 0.242. The van der Waals surface area contributed by atoms with Gasteiger partial charge in [-0.1, -0.05) is 48.0 Å². The molecule has 230 valence electrons. The molecule has 3 heterocycles. The fourth-order valence-electron chi connectivity index (χ4n) is 6.42. The highest BCUT2D eigenvalue weighted by molar-refractivity contribution is 7.10. The normalized spacial score (nSPS) is 21.5. The number of ketones is 1. The first-order valence-electron chi connectivity index (χ1n) is 14.4. The molecular weight excluding hydrogens is 619 g/mol. The van der Waals surface area contributed by atoms with Crippen molar-refractivity contribution in [2.45, 2.75) is 18.0 Å². The van der Waals surface area contributed by atoms with E-state index in [2.05, 4.69) is 5.32 Å². The summed E-state index contributed by atoms with van der Waals surface area (Å²) in [4.78, 5) is 59.0. The maximum Gasteiger partial charge on any atom is 0.269 e. The van der Waals surface area contributed by atoms with Crippen LogP contribution >= 0.6 is 22.9 Å². The second-order valence-corrected chi connectivity index (χ2v) is 12.4. The smallest absolute Gasteiger partial charge is 0.269 e. The number of thiophene rings is 1. The van der Waals surface area contributed by atoms with Crippen LogP contribution in [0.4, 0.5) is 10.1 Å². The predicted molar refractivity (Wildman–Crippen MR) is 168 cm³/mol. The van der Waals surface area contributed by atoms with E-state index in [1.165, 1.54) is 58.7 Å². The summed E-state index contributed by atoms with van der Waals surface area (Å²) in [5, 5.41) is 17.3. The number of piperazine rings is 1. The van der Waals surface area contributed by atoms with E-state index in [0.29, 0.717) is 41.6 Å². The zero-order valence-electron chi connectivity index (χ0n) is 23.8. The van der Waals surface area contributed by atoms with Crippen LogP contribution in [0.25, 0.3) is 0 Å². The number of Topliss-reactive ketones (excluding diaryl/α,β-unsaturated/α-hetero) is 1. The Balaban J connectivity index is 1.62. The number of carbonyl (C=O) groups is 3. The highest BCUT2D eigenvalue weighted by atomic mass is 35.5. The Morgan fingerprint density at radius 1 is 0.933 bits per heavy atom. The number of halogens is 2. The molecule has 0 aliphatic carbocycles. The van der Waals surface area contributed by atoms with Gasteiger partial charge in [0.1, 0.15) is 11.9 Å². The molecule has 2 aliphatic rings. The van der Waals surface area contributed by atoms with Crippen molar-refractivity contribution in [3.63, 3.8) is 0 Å². The molecule has 0 radical (unpaired) electrons. The second-order valence-electron chi connectivity index (χ2n) is 11.0. The summed E-state index contributed by atoms with van der Waals surface area (Å²) in [6.07, 6.45) is 0. The maximum absolute atomic E-state index is 14.7. The first-order chi connectivity index (χ1) is 21.7. The molecule has 0 spiro atoms. The maximum atomic E-state index is 14.7. The lowest BCUT2D eigenvalue weighted by molar-refractivity contribution is -0.385. The van der Waals surface area contributed by atoms with Gasteiger partial charge in [-0.15, -0.1) is 11.3 Å². The van der Waals surface area contributed by atoms with Gasteiger partial charge in [0.25, 0.3) is 11.6 Å². The molecule has 12 heteroatoms. The minimum absolute atomic E-state index is 0.00988. The molecule has 2 aliphatic heterocycles. The molecule has 45 heavy (non-hydrogen) atoms. The standard InChI is InChI=1S/C33H28ClFN4O5S/c34-23-8-1-6-21(17-23)31(40)28-27(26-11-4-16-45-26)30(33(42)37-14-12-36-13-15-37)38(32(41)22-7-2-9-24(35)18-22)29(28)20-5-3-10-25(19-20)39(43)44/h1-11,16-19,27-30,36H,12-15H2. The Hall–Kier alpha value is -4.45. The van der Waals surface area contributed by atoms with Crippen LogP contribution in [0.5, 0.6) is 0 Å². The Labute approximate surface area is 267 Å². The largest absolute Gasteiger partial charge is 0.338 e.